The molecule has 0 heterocycles. The van der Waals surface area contributed by atoms with Gasteiger partial charge in [-0.1, -0.05) is 6.55 Å². The van der Waals surface area contributed by atoms with Gasteiger partial charge in [-0.05, 0) is 10.2 Å². The first-order valence-electron chi connectivity index (χ1n) is 1.00. The predicted molar refractivity (Wildman–Crippen MR) is 24.3 cm³/mol. The molecule has 0 rings (SSSR count). The van der Waals surface area contributed by atoms with Gasteiger partial charge in [0.1, 0.15) is 0 Å². The van der Waals surface area contributed by atoms with Crippen LogP contribution in [0.4, 0.5) is 0 Å². The predicted octanol–water partition coefficient (Wildman–Crippen LogP) is -1.52. The third kappa shape index (κ3) is 19.9. The minimum Gasteiger partial charge on any atom is 0 e. The summed E-state index contributed by atoms with van der Waals surface area (Å²) in [6.45, 7) is 2.14. The molecule has 0 bridgehead atoms. The molecule has 0 aromatic carbocycles. The van der Waals surface area contributed by atoms with Crippen molar-refractivity contribution in [3.8, 4) is 0 Å². The molecule has 5 heavy (non-hydrogen) atoms. The fourth-order valence-corrected chi connectivity index (χ4v) is 0. The van der Waals surface area contributed by atoms with Crippen molar-refractivity contribution >= 4 is 59.1 Å². The molecule has 0 spiro atoms. The fraction of sp³-hybridized carbons (Fsp3) is 1.00. The van der Waals surface area contributed by atoms with Crippen LogP contribution in [-0.2, 0) is 34.4 Å². The molecule has 0 aliphatic carbocycles. The molecule has 0 unspecified atom stereocenters. The molecule has 0 radical (unpaired) electrons. The maximum Gasteiger partial charge on any atom is 0 e. The van der Waals surface area contributed by atoms with Crippen LogP contribution in [0.1, 0.15) is 0 Å². The van der Waals surface area contributed by atoms with E-state index >= 15 is 0 Å². The van der Waals surface area contributed by atoms with Crippen molar-refractivity contribution < 1.29 is 34.4 Å². The molecule has 0 amide bonds. The van der Waals surface area contributed by atoms with Gasteiger partial charge in [-0.2, -0.15) is 0 Å². The maximum absolute atomic E-state index is 2.14. The van der Waals surface area contributed by atoms with Gasteiger partial charge >= 0.3 is 48.9 Å². The van der Waals surface area contributed by atoms with E-state index in [0.717, 1.165) is 0 Å². The standard InChI is InChI=1S/CH6Si.Ba.Cr.Fe.2H/c1-2;;;;;/h1-2H3;;;;;. The third-order valence-corrected chi connectivity index (χ3v) is 0. The van der Waals surface area contributed by atoms with Gasteiger partial charge in [0.15, 0.2) is 0 Å². The second kappa shape index (κ2) is 28.9. The van der Waals surface area contributed by atoms with Gasteiger partial charge in [-0.15, -0.1) is 0 Å². The van der Waals surface area contributed by atoms with E-state index in [9.17, 15) is 0 Å². The van der Waals surface area contributed by atoms with Crippen LogP contribution >= 0.6 is 0 Å². The van der Waals surface area contributed by atoms with Crippen LogP contribution in [0.25, 0.3) is 0 Å². The van der Waals surface area contributed by atoms with Gasteiger partial charge in [0.05, 0.1) is 0 Å². The Morgan fingerprint density at radius 3 is 1.20 bits per heavy atom. The van der Waals surface area contributed by atoms with Crippen LogP contribution in [0.5, 0.6) is 0 Å². The average Bonchev–Trinajstić information content (AvgIpc) is 1.00. The SMILES string of the molecule is C[SiH3].[BaH2].[Cr].[Fe]. The Morgan fingerprint density at radius 2 is 1.20 bits per heavy atom. The largest absolute Gasteiger partial charge is 0 e. The van der Waals surface area contributed by atoms with Crippen molar-refractivity contribution in [3.63, 3.8) is 0 Å². The zero-order valence-electron chi connectivity index (χ0n) is 2.76. The molecular weight excluding hydrogens is 285 g/mol. The van der Waals surface area contributed by atoms with Gasteiger partial charge in [0.2, 0.25) is 0 Å². The minimum atomic E-state index is 0. The van der Waals surface area contributed by atoms with Gasteiger partial charge in [0, 0.05) is 34.4 Å². The smallest absolute Gasteiger partial charge is 0 e. The summed E-state index contributed by atoms with van der Waals surface area (Å²) in [5, 5.41) is 0. The Morgan fingerprint density at radius 1 is 1.20 bits per heavy atom. The van der Waals surface area contributed by atoms with Crippen molar-refractivity contribution in [1.29, 1.82) is 0 Å². The minimum absolute atomic E-state index is 0. The van der Waals surface area contributed by atoms with Crippen molar-refractivity contribution in [2.24, 2.45) is 0 Å². The van der Waals surface area contributed by atoms with Crippen LogP contribution < -0.4 is 0 Å². The van der Waals surface area contributed by atoms with Crippen LogP contribution in [-0.4, -0.2) is 59.1 Å². The van der Waals surface area contributed by atoms with E-state index in [1.807, 2.05) is 0 Å². The first kappa shape index (κ1) is 24.9. The summed E-state index contributed by atoms with van der Waals surface area (Å²) < 4.78 is 0. The molecule has 0 aliphatic rings. The van der Waals surface area contributed by atoms with Crippen molar-refractivity contribution in [2.45, 2.75) is 6.55 Å². The normalized spacial score (nSPS) is 1.80. The van der Waals surface area contributed by atoms with Crippen LogP contribution in [0.15, 0.2) is 0 Å². The molecule has 0 N–H and O–H groups in total. The Hall–Kier alpha value is 2.84. The van der Waals surface area contributed by atoms with E-state index in [-0.39, 0.29) is 83.3 Å². The molecule has 0 aromatic heterocycles. The van der Waals surface area contributed by atoms with E-state index < -0.39 is 0 Å². The molecule has 32 valence electrons. The first-order chi connectivity index (χ1) is 1.00. The summed E-state index contributed by atoms with van der Waals surface area (Å²) in [5.74, 6) is 0. The molecule has 0 saturated heterocycles. The maximum atomic E-state index is 2.14. The fourth-order valence-electron chi connectivity index (χ4n) is 0. The van der Waals surface area contributed by atoms with Gasteiger partial charge < -0.3 is 0 Å². The zero-order chi connectivity index (χ0) is 2.00. The van der Waals surface area contributed by atoms with Crippen molar-refractivity contribution in [3.05, 3.63) is 0 Å². The second-order valence-corrected chi connectivity index (χ2v) is 0. The second-order valence-electron chi connectivity index (χ2n) is 0. The number of hydrogen-bond donors (Lipinski definition) is 0. The van der Waals surface area contributed by atoms with E-state index in [0.29, 0.717) is 0 Å². The molecule has 0 saturated carbocycles. The van der Waals surface area contributed by atoms with Gasteiger partial charge in [-0.25, -0.2) is 0 Å². The summed E-state index contributed by atoms with van der Waals surface area (Å²) in [6.07, 6.45) is 0. The molecule has 4 heteroatoms. The molecular formula is CH8BaCrFeSi. The topological polar surface area (TPSA) is 0 Å². The molecule has 0 aliphatic heterocycles. The Balaban J connectivity index is -0.00000000167. The number of hydrogen-bond acceptors (Lipinski definition) is 0. The summed E-state index contributed by atoms with van der Waals surface area (Å²) in [6, 6.07) is 0. The van der Waals surface area contributed by atoms with E-state index in [2.05, 4.69) is 6.55 Å². The van der Waals surface area contributed by atoms with E-state index in [1.54, 1.807) is 0 Å². The summed E-state index contributed by atoms with van der Waals surface area (Å²) >= 11 is 0. The van der Waals surface area contributed by atoms with Crippen LogP contribution in [0, 0.1) is 0 Å². The van der Waals surface area contributed by atoms with E-state index in [4.69, 9.17) is 0 Å². The monoisotopic (exact) mass is 294 g/mol. The van der Waals surface area contributed by atoms with Gasteiger partial charge in [0.25, 0.3) is 0 Å². The summed E-state index contributed by atoms with van der Waals surface area (Å²) in [7, 11) is 1.31. The van der Waals surface area contributed by atoms with Crippen LogP contribution in [0.3, 0.4) is 0 Å². The van der Waals surface area contributed by atoms with E-state index in [1.165, 1.54) is 10.2 Å². The summed E-state index contributed by atoms with van der Waals surface area (Å²) in [5.41, 5.74) is 0. The van der Waals surface area contributed by atoms with Gasteiger partial charge in [-0.3, -0.25) is 0 Å². The Bertz CT molecular complexity index is 11.6. The Kier molecular flexibility index (Phi) is 144. The molecule has 0 nitrogen and oxygen atoms in total. The molecule has 0 atom stereocenters. The van der Waals surface area contributed by atoms with Crippen molar-refractivity contribution in [1.82, 2.24) is 0 Å². The zero-order valence-corrected chi connectivity index (χ0v) is 7.14. The first-order valence-corrected chi connectivity index (χ1v) is 3.00. The average molecular weight is 293 g/mol. The molecule has 0 aromatic rings. The Labute approximate surface area is 98.0 Å². The van der Waals surface area contributed by atoms with Crippen LogP contribution in [0.2, 0.25) is 6.55 Å². The quantitative estimate of drug-likeness (QED) is 0.476. The van der Waals surface area contributed by atoms with Crippen molar-refractivity contribution in [2.75, 3.05) is 0 Å². The molecule has 0 fully saturated rings. The third-order valence-electron chi connectivity index (χ3n) is 0. The number of rotatable bonds is 0. The summed E-state index contributed by atoms with van der Waals surface area (Å²) in [4.78, 5) is 0.